The van der Waals surface area contributed by atoms with E-state index in [1.807, 2.05) is 12.3 Å². The van der Waals surface area contributed by atoms with Crippen molar-refractivity contribution in [2.75, 3.05) is 6.26 Å². The molecule has 0 atom stereocenters. The van der Waals surface area contributed by atoms with E-state index in [0.29, 0.717) is 0 Å². The molecular weight excluding hydrogens is 221 g/mol. The van der Waals surface area contributed by atoms with E-state index in [1.165, 1.54) is 24.2 Å². The third-order valence-corrected chi connectivity index (χ3v) is 4.28. The lowest BCUT2D eigenvalue weighted by atomic mass is 9.77. The van der Waals surface area contributed by atoms with Gasteiger partial charge in [0, 0.05) is 10.4 Å². The number of hydrogen-bond acceptors (Lipinski definition) is 2. The van der Waals surface area contributed by atoms with Crippen LogP contribution in [0.1, 0.15) is 37.7 Å². The molecule has 0 radical (unpaired) electrons. The molecule has 3 heteroatoms. The average Bonchev–Trinajstić information content (AvgIpc) is 2.29. The number of halogens is 1. The number of benzene rings is 1. The Balaban J connectivity index is 2.41. The first-order valence-electron chi connectivity index (χ1n) is 5.79. The van der Waals surface area contributed by atoms with Crippen molar-refractivity contribution in [1.29, 1.82) is 0 Å². The van der Waals surface area contributed by atoms with Crippen LogP contribution in [0.2, 0.25) is 0 Å². The van der Waals surface area contributed by atoms with Crippen LogP contribution in [0.25, 0.3) is 0 Å². The fourth-order valence-electron chi connectivity index (χ4n) is 2.56. The van der Waals surface area contributed by atoms with Crippen LogP contribution >= 0.6 is 11.8 Å². The molecule has 0 aromatic heterocycles. The van der Waals surface area contributed by atoms with Gasteiger partial charge in [-0.05, 0) is 30.7 Å². The monoisotopic (exact) mass is 239 g/mol. The van der Waals surface area contributed by atoms with Gasteiger partial charge in [-0.15, -0.1) is 11.8 Å². The van der Waals surface area contributed by atoms with Crippen LogP contribution < -0.4 is 5.73 Å². The van der Waals surface area contributed by atoms with Crippen LogP contribution in [0.4, 0.5) is 4.39 Å². The molecule has 0 bridgehead atoms. The first-order valence-corrected chi connectivity index (χ1v) is 7.02. The third kappa shape index (κ3) is 2.11. The highest BCUT2D eigenvalue weighted by atomic mass is 32.2. The Morgan fingerprint density at radius 2 is 1.94 bits per heavy atom. The van der Waals surface area contributed by atoms with Crippen LogP contribution in [0.3, 0.4) is 0 Å². The van der Waals surface area contributed by atoms with Crippen molar-refractivity contribution in [2.24, 2.45) is 5.73 Å². The smallest absolute Gasteiger partial charge is 0.137 e. The Morgan fingerprint density at radius 3 is 2.56 bits per heavy atom. The summed E-state index contributed by atoms with van der Waals surface area (Å²) >= 11 is 1.46. The third-order valence-electron chi connectivity index (χ3n) is 3.45. The minimum absolute atomic E-state index is 0.139. The van der Waals surface area contributed by atoms with Crippen molar-refractivity contribution in [3.8, 4) is 0 Å². The minimum Gasteiger partial charge on any atom is -0.321 e. The van der Waals surface area contributed by atoms with E-state index in [2.05, 4.69) is 0 Å². The van der Waals surface area contributed by atoms with Crippen molar-refractivity contribution in [3.05, 3.63) is 29.6 Å². The fourth-order valence-corrected chi connectivity index (χ4v) is 3.31. The van der Waals surface area contributed by atoms with Gasteiger partial charge in [-0.3, -0.25) is 0 Å². The van der Waals surface area contributed by atoms with Gasteiger partial charge in [-0.25, -0.2) is 4.39 Å². The molecule has 2 rings (SSSR count). The van der Waals surface area contributed by atoms with Crippen molar-refractivity contribution in [2.45, 2.75) is 42.5 Å². The maximum atomic E-state index is 13.7. The quantitative estimate of drug-likeness (QED) is 0.797. The summed E-state index contributed by atoms with van der Waals surface area (Å²) in [5, 5.41) is 0. The van der Waals surface area contributed by atoms with Gasteiger partial charge in [0.05, 0.1) is 0 Å². The molecule has 1 fully saturated rings. The molecule has 0 aliphatic heterocycles. The molecule has 1 nitrogen and oxygen atoms in total. The molecule has 0 spiro atoms. The van der Waals surface area contributed by atoms with E-state index in [1.54, 1.807) is 6.07 Å². The Kier molecular flexibility index (Phi) is 3.55. The van der Waals surface area contributed by atoms with Crippen molar-refractivity contribution in [1.82, 2.24) is 0 Å². The van der Waals surface area contributed by atoms with E-state index in [0.717, 1.165) is 36.1 Å². The molecule has 0 heterocycles. The normalized spacial score (nSPS) is 19.7. The Morgan fingerprint density at radius 1 is 1.25 bits per heavy atom. The topological polar surface area (TPSA) is 26.0 Å². The molecule has 1 aromatic carbocycles. The lowest BCUT2D eigenvalue weighted by molar-refractivity contribution is 0.296. The van der Waals surface area contributed by atoms with Crippen LogP contribution in [0.5, 0.6) is 0 Å². The summed E-state index contributed by atoms with van der Waals surface area (Å²) in [6, 6.07) is 5.27. The predicted octanol–water partition coefficient (Wildman–Crippen LogP) is 3.67. The Hall–Kier alpha value is -0.540. The lowest BCUT2D eigenvalue weighted by Gasteiger charge is -2.35. The zero-order valence-electron chi connectivity index (χ0n) is 9.63. The SMILES string of the molecule is CSc1c(F)cccc1C1(N)CCCCC1. The second-order valence-electron chi connectivity index (χ2n) is 4.54. The average molecular weight is 239 g/mol. The zero-order chi connectivity index (χ0) is 11.6. The largest absolute Gasteiger partial charge is 0.321 e. The highest BCUT2D eigenvalue weighted by Crippen LogP contribution is 2.39. The standard InChI is InChI=1S/C13H18FNS/c1-16-12-10(6-5-7-11(12)14)13(15)8-3-2-4-9-13/h5-7H,2-4,8-9,15H2,1H3. The molecule has 0 saturated heterocycles. The maximum absolute atomic E-state index is 13.7. The van der Waals surface area contributed by atoms with Gasteiger partial charge in [0.1, 0.15) is 5.82 Å². The molecule has 1 aromatic rings. The van der Waals surface area contributed by atoms with Gasteiger partial charge in [-0.1, -0.05) is 31.4 Å². The summed E-state index contributed by atoms with van der Waals surface area (Å²) in [5.74, 6) is -0.139. The molecular formula is C13H18FNS. The molecule has 2 N–H and O–H groups in total. The summed E-state index contributed by atoms with van der Waals surface area (Å²) in [4.78, 5) is 0.729. The zero-order valence-corrected chi connectivity index (χ0v) is 10.4. The van der Waals surface area contributed by atoms with Gasteiger partial charge in [-0.2, -0.15) is 0 Å². The molecule has 88 valence electrons. The van der Waals surface area contributed by atoms with Gasteiger partial charge < -0.3 is 5.73 Å². The summed E-state index contributed by atoms with van der Waals surface area (Å²) in [6.45, 7) is 0. The lowest BCUT2D eigenvalue weighted by Crippen LogP contribution is -2.39. The number of thioether (sulfide) groups is 1. The number of nitrogens with two attached hydrogens (primary N) is 1. The minimum atomic E-state index is -0.307. The van der Waals surface area contributed by atoms with Gasteiger partial charge in [0.25, 0.3) is 0 Å². The number of rotatable bonds is 2. The maximum Gasteiger partial charge on any atom is 0.137 e. The van der Waals surface area contributed by atoms with Crippen LogP contribution in [-0.2, 0) is 5.54 Å². The second kappa shape index (κ2) is 4.76. The highest BCUT2D eigenvalue weighted by molar-refractivity contribution is 7.98. The van der Waals surface area contributed by atoms with E-state index >= 15 is 0 Å². The molecule has 0 amide bonds. The van der Waals surface area contributed by atoms with Crippen molar-refractivity contribution < 1.29 is 4.39 Å². The van der Waals surface area contributed by atoms with Gasteiger partial charge in [0.2, 0.25) is 0 Å². The summed E-state index contributed by atoms with van der Waals surface area (Å²) in [5.41, 5.74) is 7.14. The summed E-state index contributed by atoms with van der Waals surface area (Å²) < 4.78 is 13.7. The molecule has 16 heavy (non-hydrogen) atoms. The first-order chi connectivity index (χ1) is 7.67. The van der Waals surface area contributed by atoms with E-state index in [4.69, 9.17) is 5.73 Å². The summed E-state index contributed by atoms with van der Waals surface area (Å²) in [6.07, 6.45) is 7.42. The number of hydrogen-bond donors (Lipinski definition) is 1. The highest BCUT2D eigenvalue weighted by Gasteiger charge is 2.32. The van der Waals surface area contributed by atoms with Crippen molar-refractivity contribution in [3.63, 3.8) is 0 Å². The molecule has 1 aliphatic carbocycles. The fraction of sp³-hybridized carbons (Fsp3) is 0.538. The molecule has 1 saturated carbocycles. The van der Waals surface area contributed by atoms with E-state index in [-0.39, 0.29) is 11.4 Å². The Labute approximate surface area is 101 Å². The summed E-state index contributed by atoms with van der Waals surface area (Å²) in [7, 11) is 0. The molecule has 1 aliphatic rings. The second-order valence-corrected chi connectivity index (χ2v) is 5.35. The van der Waals surface area contributed by atoms with Gasteiger partial charge >= 0.3 is 0 Å². The van der Waals surface area contributed by atoms with Crippen LogP contribution in [0, 0.1) is 5.82 Å². The molecule has 0 unspecified atom stereocenters. The van der Waals surface area contributed by atoms with E-state index < -0.39 is 0 Å². The van der Waals surface area contributed by atoms with Gasteiger partial charge in [0.15, 0.2) is 0 Å². The Bertz CT molecular complexity index is 372. The first kappa shape index (κ1) is 11.9. The predicted molar refractivity (Wildman–Crippen MR) is 67.1 cm³/mol. The van der Waals surface area contributed by atoms with E-state index in [9.17, 15) is 4.39 Å². The van der Waals surface area contributed by atoms with Crippen molar-refractivity contribution >= 4 is 11.8 Å². The van der Waals surface area contributed by atoms with Crippen LogP contribution in [0.15, 0.2) is 23.1 Å². The van der Waals surface area contributed by atoms with Crippen LogP contribution in [-0.4, -0.2) is 6.26 Å².